The molecule has 2 heterocycles. The summed E-state index contributed by atoms with van der Waals surface area (Å²) in [6.45, 7) is 5.90. The number of ether oxygens (including phenoxy) is 2. The molecule has 11 nitrogen and oxygen atoms in total. The zero-order chi connectivity index (χ0) is 23.8. The summed E-state index contributed by atoms with van der Waals surface area (Å²) in [7, 11) is -3.48. The van der Waals surface area contributed by atoms with Gasteiger partial charge in [0.05, 0.1) is 31.5 Å². The molecule has 0 spiro atoms. The zero-order valence-electron chi connectivity index (χ0n) is 18.9. The summed E-state index contributed by atoms with van der Waals surface area (Å²) in [4.78, 5) is 24.2. The predicted molar refractivity (Wildman–Crippen MR) is 124 cm³/mol. The van der Waals surface area contributed by atoms with Gasteiger partial charge in [-0.05, 0) is 32.9 Å². The van der Waals surface area contributed by atoms with Gasteiger partial charge in [0.15, 0.2) is 11.5 Å². The van der Waals surface area contributed by atoms with E-state index in [4.69, 9.17) is 19.7 Å². The van der Waals surface area contributed by atoms with Crippen LogP contribution in [0.3, 0.4) is 0 Å². The Morgan fingerprint density at radius 3 is 2.67 bits per heavy atom. The lowest BCUT2D eigenvalue weighted by Gasteiger charge is -2.23. The average Bonchev–Trinajstić information content (AvgIpc) is 3.17. The highest BCUT2D eigenvalue weighted by Crippen LogP contribution is 2.43. The van der Waals surface area contributed by atoms with E-state index in [0.29, 0.717) is 29.3 Å². The molecule has 3 N–H and O–H groups in total. The van der Waals surface area contributed by atoms with E-state index in [-0.39, 0.29) is 37.5 Å². The lowest BCUT2D eigenvalue weighted by Crippen LogP contribution is -2.25. The molecule has 0 saturated carbocycles. The van der Waals surface area contributed by atoms with E-state index in [0.717, 1.165) is 0 Å². The molecule has 0 amide bonds. The lowest BCUT2D eigenvalue weighted by atomic mass is 10.3. The Labute approximate surface area is 192 Å². The Morgan fingerprint density at radius 2 is 1.94 bits per heavy atom. The Hall–Kier alpha value is -3.01. The molecule has 2 atom stereocenters. The number of fused-ring (bicyclic) bond motifs is 1. The van der Waals surface area contributed by atoms with Crippen LogP contribution in [0.4, 0.5) is 5.82 Å². The second kappa shape index (κ2) is 11.2. The fourth-order valence-corrected chi connectivity index (χ4v) is 4.57. The molecule has 1 aromatic carbocycles. The molecular weight excluding hydrogens is 447 g/mol. The van der Waals surface area contributed by atoms with Gasteiger partial charge in [0.2, 0.25) is 0 Å². The number of nitrogens with one attached hydrogen (secondary N) is 1. The molecule has 0 aliphatic carbocycles. The number of para-hydroxylation sites is 1. The molecule has 33 heavy (non-hydrogen) atoms. The van der Waals surface area contributed by atoms with Crippen LogP contribution in [0.1, 0.15) is 27.2 Å². The minimum atomic E-state index is -3.48. The summed E-state index contributed by atoms with van der Waals surface area (Å²) in [5.74, 6) is 0.349. The molecule has 0 fully saturated rings. The number of anilines is 1. The number of carbonyl (C=O) groups is 1. The number of nitrogen functional groups attached to an aromatic ring is 1. The number of hydrogen-bond acceptors (Lipinski definition) is 9. The quantitative estimate of drug-likeness (QED) is 0.296. The van der Waals surface area contributed by atoms with E-state index >= 15 is 0 Å². The maximum absolute atomic E-state index is 13.5. The highest BCUT2D eigenvalue weighted by atomic mass is 31.2. The maximum atomic E-state index is 13.5. The number of hydrogen-bond donors (Lipinski definition) is 2. The van der Waals surface area contributed by atoms with Crippen LogP contribution in [-0.2, 0) is 25.4 Å². The molecule has 0 bridgehead atoms. The summed E-state index contributed by atoms with van der Waals surface area (Å²) in [6.07, 6.45) is 2.27. The first-order chi connectivity index (χ1) is 15.8. The predicted octanol–water partition coefficient (Wildman–Crippen LogP) is 2.97. The van der Waals surface area contributed by atoms with Crippen molar-refractivity contribution in [2.45, 2.75) is 45.9 Å². The van der Waals surface area contributed by atoms with Crippen molar-refractivity contribution in [2.24, 2.45) is 0 Å². The van der Waals surface area contributed by atoms with Crippen LogP contribution >= 0.6 is 7.52 Å². The number of benzene rings is 1. The Kier molecular flexibility index (Phi) is 8.37. The molecule has 0 radical (unpaired) electrons. The van der Waals surface area contributed by atoms with Crippen molar-refractivity contribution in [3.8, 4) is 5.75 Å². The number of esters is 1. The van der Waals surface area contributed by atoms with Crippen LogP contribution in [-0.4, -0.2) is 50.6 Å². The molecule has 2 aromatic heterocycles. The third-order valence-electron chi connectivity index (χ3n) is 4.46. The maximum Gasteiger partial charge on any atom is 0.341 e. The number of nitrogens with zero attached hydrogens (tertiary/aromatic N) is 4. The third kappa shape index (κ3) is 7.24. The summed E-state index contributed by atoms with van der Waals surface area (Å²) in [5, 5.41) is 2.85. The summed E-state index contributed by atoms with van der Waals surface area (Å²) < 4.78 is 32.0. The first-order valence-electron chi connectivity index (χ1n) is 10.6. The van der Waals surface area contributed by atoms with Crippen molar-refractivity contribution in [2.75, 3.05) is 18.6 Å². The Balaban J connectivity index is 1.62. The molecule has 12 heteroatoms. The summed E-state index contributed by atoms with van der Waals surface area (Å²) >= 11 is 0. The smallest absolute Gasteiger partial charge is 0.341 e. The molecule has 1 unspecified atom stereocenters. The van der Waals surface area contributed by atoms with Gasteiger partial charge in [-0.3, -0.25) is 9.36 Å². The van der Waals surface area contributed by atoms with Gasteiger partial charge in [-0.15, -0.1) is 0 Å². The van der Waals surface area contributed by atoms with Crippen LogP contribution in [0.15, 0.2) is 43.0 Å². The second-order valence-corrected chi connectivity index (χ2v) is 9.81. The molecule has 0 saturated heterocycles. The fraction of sp³-hybridized carbons (Fsp3) is 0.429. The van der Waals surface area contributed by atoms with Gasteiger partial charge in [-0.1, -0.05) is 18.2 Å². The van der Waals surface area contributed by atoms with E-state index in [1.54, 1.807) is 49.0 Å². The number of imidazole rings is 1. The average molecular weight is 476 g/mol. The molecule has 0 aliphatic rings. The van der Waals surface area contributed by atoms with E-state index in [2.05, 4.69) is 20.0 Å². The second-order valence-electron chi connectivity index (χ2n) is 7.71. The van der Waals surface area contributed by atoms with Crippen LogP contribution in [0, 0.1) is 0 Å². The minimum Gasteiger partial charge on any atom is -0.463 e. The van der Waals surface area contributed by atoms with Gasteiger partial charge >= 0.3 is 13.5 Å². The van der Waals surface area contributed by atoms with Gasteiger partial charge in [0.1, 0.15) is 23.9 Å². The monoisotopic (exact) mass is 476 g/mol. The number of rotatable bonds is 12. The van der Waals surface area contributed by atoms with Crippen LogP contribution in [0.25, 0.3) is 11.2 Å². The zero-order valence-corrected chi connectivity index (χ0v) is 19.8. The van der Waals surface area contributed by atoms with Crippen molar-refractivity contribution in [3.63, 3.8) is 0 Å². The Bertz CT molecular complexity index is 1110. The summed E-state index contributed by atoms with van der Waals surface area (Å²) in [6, 6.07) is 8.79. The van der Waals surface area contributed by atoms with Crippen LogP contribution in [0.5, 0.6) is 5.75 Å². The largest absolute Gasteiger partial charge is 0.463 e. The standard InChI is InChI=1S/C21H29N6O5P/c1-15(2)31-18(28)9-10-26-33(29,32-17-7-5-4-6-8-17)14-30-16(3)11-27-13-25-19-20(22)23-12-24-21(19)27/h4-8,12-13,15-16H,9-11,14H2,1-3H3,(H,26,29)(H2,22,23,24)/t16-,33?/m1/s1. The van der Waals surface area contributed by atoms with Crippen molar-refractivity contribution < 1.29 is 23.4 Å². The Morgan fingerprint density at radius 1 is 1.18 bits per heavy atom. The van der Waals surface area contributed by atoms with Gasteiger partial charge < -0.3 is 24.3 Å². The highest BCUT2D eigenvalue weighted by molar-refractivity contribution is 7.57. The van der Waals surface area contributed by atoms with Crippen molar-refractivity contribution in [1.82, 2.24) is 24.6 Å². The van der Waals surface area contributed by atoms with E-state index in [1.165, 1.54) is 6.33 Å². The van der Waals surface area contributed by atoms with Gasteiger partial charge in [-0.25, -0.2) is 20.0 Å². The molecule has 0 aliphatic heterocycles. The van der Waals surface area contributed by atoms with E-state index in [9.17, 15) is 9.36 Å². The molecule has 3 rings (SSSR count). The first-order valence-corrected chi connectivity index (χ1v) is 12.4. The third-order valence-corrected chi connectivity index (χ3v) is 6.16. The minimum absolute atomic E-state index is 0.0536. The first kappa shape index (κ1) is 24.6. The number of nitrogens with two attached hydrogens (primary N) is 1. The van der Waals surface area contributed by atoms with Crippen molar-refractivity contribution >= 4 is 30.5 Å². The molecule has 178 valence electrons. The van der Waals surface area contributed by atoms with Gasteiger partial charge in [-0.2, -0.15) is 0 Å². The lowest BCUT2D eigenvalue weighted by molar-refractivity contribution is -0.147. The van der Waals surface area contributed by atoms with Gasteiger partial charge in [0, 0.05) is 6.54 Å². The van der Waals surface area contributed by atoms with Crippen LogP contribution in [0.2, 0.25) is 0 Å². The van der Waals surface area contributed by atoms with Gasteiger partial charge in [0.25, 0.3) is 0 Å². The number of carbonyl (C=O) groups excluding carboxylic acids is 1. The molecule has 3 aromatic rings. The van der Waals surface area contributed by atoms with E-state index < -0.39 is 7.52 Å². The number of aromatic nitrogens is 4. The fourth-order valence-electron chi connectivity index (χ4n) is 2.99. The normalized spacial score (nSPS) is 14.2. The van der Waals surface area contributed by atoms with Crippen molar-refractivity contribution in [1.29, 1.82) is 0 Å². The summed E-state index contributed by atoms with van der Waals surface area (Å²) in [5.41, 5.74) is 6.93. The highest BCUT2D eigenvalue weighted by Gasteiger charge is 2.27. The van der Waals surface area contributed by atoms with Crippen LogP contribution < -0.4 is 15.3 Å². The molecular formula is C21H29N6O5P. The SMILES string of the molecule is CC(C)OC(=O)CCNP(=O)(CO[C@H](C)Cn1cnc2c(N)ncnc21)Oc1ccccc1. The van der Waals surface area contributed by atoms with E-state index in [1.807, 2.05) is 13.0 Å². The topological polar surface area (TPSA) is 143 Å². The van der Waals surface area contributed by atoms with Crippen molar-refractivity contribution in [3.05, 3.63) is 43.0 Å².